The maximum absolute atomic E-state index is 13.9. The van der Waals surface area contributed by atoms with Crippen LogP contribution in [0.3, 0.4) is 0 Å². The number of carbonyl (C=O) groups excluding carboxylic acids is 1. The zero-order valence-corrected chi connectivity index (χ0v) is 10.9. The molecule has 1 aliphatic rings. The summed E-state index contributed by atoms with van der Waals surface area (Å²) in [5.41, 5.74) is 0.782. The summed E-state index contributed by atoms with van der Waals surface area (Å²) in [5.74, 6) is -0.639. The Bertz CT molecular complexity index is 464. The second-order valence-electron chi connectivity index (χ2n) is 4.87. The summed E-state index contributed by atoms with van der Waals surface area (Å²) < 4.78 is 18.4. The Morgan fingerprint density at radius 1 is 1.58 bits per heavy atom. The van der Waals surface area contributed by atoms with Crippen LogP contribution in [0.5, 0.6) is 0 Å². The highest BCUT2D eigenvalue weighted by atomic mass is 19.1. The van der Waals surface area contributed by atoms with Gasteiger partial charge in [-0.25, -0.2) is 9.18 Å². The van der Waals surface area contributed by atoms with Gasteiger partial charge in [-0.3, -0.25) is 4.90 Å². The molecule has 2 rings (SSSR count). The molecule has 1 aliphatic heterocycles. The molecule has 0 radical (unpaired) electrons. The highest BCUT2D eigenvalue weighted by molar-refractivity contribution is 5.89. The van der Waals surface area contributed by atoms with Crippen molar-refractivity contribution in [2.45, 2.75) is 13.0 Å². The Balaban J connectivity index is 2.03. The smallest absolute Gasteiger partial charge is 0.337 e. The Kier molecular flexibility index (Phi) is 4.50. The van der Waals surface area contributed by atoms with E-state index in [-0.39, 0.29) is 18.1 Å². The number of aliphatic hydroxyl groups excluding tert-OH is 1. The number of hydrogen-bond acceptors (Lipinski definition) is 4. The summed E-state index contributed by atoms with van der Waals surface area (Å²) in [6, 6.07) is 4.40. The van der Waals surface area contributed by atoms with E-state index < -0.39 is 11.8 Å². The molecule has 5 heteroatoms. The first-order chi connectivity index (χ1) is 9.13. The van der Waals surface area contributed by atoms with Crippen LogP contribution in [-0.4, -0.2) is 42.8 Å². The van der Waals surface area contributed by atoms with Crippen molar-refractivity contribution in [3.05, 3.63) is 35.1 Å². The number of methoxy groups -OCH3 is 1. The lowest BCUT2D eigenvalue weighted by Gasteiger charge is -2.16. The quantitative estimate of drug-likeness (QED) is 0.838. The van der Waals surface area contributed by atoms with E-state index in [9.17, 15) is 9.18 Å². The van der Waals surface area contributed by atoms with Gasteiger partial charge in [0, 0.05) is 25.3 Å². The third-order valence-electron chi connectivity index (χ3n) is 3.50. The van der Waals surface area contributed by atoms with E-state index in [0.29, 0.717) is 12.1 Å². The molecule has 0 aromatic heterocycles. The fourth-order valence-electron chi connectivity index (χ4n) is 2.37. The molecule has 0 spiro atoms. The van der Waals surface area contributed by atoms with Gasteiger partial charge in [-0.1, -0.05) is 6.07 Å². The zero-order valence-electron chi connectivity index (χ0n) is 10.9. The predicted molar refractivity (Wildman–Crippen MR) is 68.2 cm³/mol. The number of hydrogen-bond donors (Lipinski definition) is 1. The number of aliphatic hydroxyl groups is 1. The summed E-state index contributed by atoms with van der Waals surface area (Å²) in [7, 11) is 1.27. The van der Waals surface area contributed by atoms with Gasteiger partial charge >= 0.3 is 5.97 Å². The van der Waals surface area contributed by atoms with Crippen LogP contribution in [0.2, 0.25) is 0 Å². The highest BCUT2D eigenvalue weighted by Gasteiger charge is 2.22. The first-order valence-electron chi connectivity index (χ1n) is 6.34. The van der Waals surface area contributed by atoms with E-state index in [4.69, 9.17) is 5.11 Å². The maximum Gasteiger partial charge on any atom is 0.337 e. The second kappa shape index (κ2) is 6.12. The number of halogens is 1. The molecule has 1 fully saturated rings. The molecule has 4 nitrogen and oxygen atoms in total. The minimum Gasteiger partial charge on any atom is -0.465 e. The molecule has 104 valence electrons. The number of esters is 1. The normalized spacial score (nSPS) is 19.6. The van der Waals surface area contributed by atoms with Gasteiger partial charge < -0.3 is 9.84 Å². The Labute approximate surface area is 111 Å². The topological polar surface area (TPSA) is 49.8 Å². The third-order valence-corrected chi connectivity index (χ3v) is 3.50. The van der Waals surface area contributed by atoms with Crippen molar-refractivity contribution in [3.63, 3.8) is 0 Å². The lowest BCUT2D eigenvalue weighted by Crippen LogP contribution is -2.21. The molecule has 1 saturated heterocycles. The van der Waals surface area contributed by atoms with Gasteiger partial charge in [-0.05, 0) is 31.0 Å². The Hall–Kier alpha value is -1.46. The van der Waals surface area contributed by atoms with Crippen LogP contribution in [-0.2, 0) is 11.3 Å². The van der Waals surface area contributed by atoms with Crippen LogP contribution < -0.4 is 0 Å². The average molecular weight is 267 g/mol. The first kappa shape index (κ1) is 14.0. The van der Waals surface area contributed by atoms with Gasteiger partial charge in [0.25, 0.3) is 0 Å². The van der Waals surface area contributed by atoms with Gasteiger partial charge in [0.1, 0.15) is 5.82 Å². The van der Waals surface area contributed by atoms with E-state index in [0.717, 1.165) is 19.5 Å². The van der Waals surface area contributed by atoms with Gasteiger partial charge in [0.05, 0.1) is 12.7 Å². The number of benzene rings is 1. The Morgan fingerprint density at radius 2 is 2.37 bits per heavy atom. The lowest BCUT2D eigenvalue weighted by molar-refractivity contribution is 0.0600. The van der Waals surface area contributed by atoms with Gasteiger partial charge in [-0.15, -0.1) is 0 Å². The van der Waals surface area contributed by atoms with E-state index >= 15 is 0 Å². The number of ether oxygens (including phenoxy) is 1. The van der Waals surface area contributed by atoms with Gasteiger partial charge in [0.15, 0.2) is 0 Å². The molecule has 0 aliphatic carbocycles. The van der Waals surface area contributed by atoms with E-state index in [1.807, 2.05) is 0 Å². The summed E-state index contributed by atoms with van der Waals surface area (Å²) in [6.45, 7) is 2.34. The molecule has 0 bridgehead atoms. The number of rotatable bonds is 4. The fraction of sp³-hybridized carbons (Fsp3) is 0.500. The van der Waals surface area contributed by atoms with Crippen LogP contribution in [0, 0.1) is 11.7 Å². The zero-order chi connectivity index (χ0) is 13.8. The monoisotopic (exact) mass is 267 g/mol. The molecule has 0 saturated carbocycles. The van der Waals surface area contributed by atoms with Crippen LogP contribution in [0.15, 0.2) is 18.2 Å². The molecule has 1 aromatic carbocycles. The lowest BCUT2D eigenvalue weighted by atomic mass is 10.1. The molecule has 1 N–H and O–H groups in total. The molecule has 19 heavy (non-hydrogen) atoms. The first-order valence-corrected chi connectivity index (χ1v) is 6.34. The van der Waals surface area contributed by atoms with Crippen LogP contribution in [0.1, 0.15) is 22.3 Å². The molecule has 0 amide bonds. The van der Waals surface area contributed by atoms with Crippen molar-refractivity contribution in [1.82, 2.24) is 4.90 Å². The highest BCUT2D eigenvalue weighted by Crippen LogP contribution is 2.20. The fourth-order valence-corrected chi connectivity index (χ4v) is 2.37. The van der Waals surface area contributed by atoms with Crippen molar-refractivity contribution in [2.24, 2.45) is 5.92 Å². The van der Waals surface area contributed by atoms with E-state index in [1.165, 1.54) is 13.2 Å². The van der Waals surface area contributed by atoms with Crippen molar-refractivity contribution in [1.29, 1.82) is 0 Å². The number of nitrogens with zero attached hydrogens (tertiary/aromatic N) is 1. The van der Waals surface area contributed by atoms with Crippen LogP contribution in [0.4, 0.5) is 4.39 Å². The van der Waals surface area contributed by atoms with Crippen molar-refractivity contribution in [3.8, 4) is 0 Å². The summed E-state index contributed by atoms with van der Waals surface area (Å²) in [6.07, 6.45) is 0.943. The third kappa shape index (κ3) is 3.30. The van der Waals surface area contributed by atoms with Gasteiger partial charge in [0.2, 0.25) is 0 Å². The predicted octanol–water partition coefficient (Wildman–Crippen LogP) is 1.43. The molecule has 1 atom stereocenters. The molecule has 1 aromatic rings. The number of carbonyl (C=O) groups is 1. The van der Waals surface area contributed by atoms with Crippen LogP contribution >= 0.6 is 0 Å². The Morgan fingerprint density at radius 3 is 2.95 bits per heavy atom. The summed E-state index contributed by atoms with van der Waals surface area (Å²) in [5, 5.41) is 9.08. The number of likely N-dealkylation sites (tertiary alicyclic amines) is 1. The van der Waals surface area contributed by atoms with Gasteiger partial charge in [-0.2, -0.15) is 0 Å². The van der Waals surface area contributed by atoms with Crippen molar-refractivity contribution in [2.75, 3.05) is 26.8 Å². The minimum atomic E-state index is -0.535. The second-order valence-corrected chi connectivity index (χ2v) is 4.87. The minimum absolute atomic E-state index is 0.181. The molecular weight excluding hydrogens is 249 g/mol. The molecule has 1 heterocycles. The van der Waals surface area contributed by atoms with Crippen LogP contribution in [0.25, 0.3) is 0 Å². The maximum atomic E-state index is 13.9. The van der Waals surface area contributed by atoms with E-state index in [1.54, 1.807) is 12.1 Å². The summed E-state index contributed by atoms with van der Waals surface area (Å²) >= 11 is 0. The standard InChI is InChI=1S/C14H18FNO3/c1-19-14(18)11-2-3-12(13(15)6-11)8-16-5-4-10(7-16)9-17/h2-3,6,10,17H,4-5,7-9H2,1H3. The largest absolute Gasteiger partial charge is 0.465 e. The van der Waals surface area contributed by atoms with Crippen molar-refractivity contribution >= 4 is 5.97 Å². The SMILES string of the molecule is COC(=O)c1ccc(CN2CCC(CO)C2)c(F)c1. The summed E-state index contributed by atoms with van der Waals surface area (Å²) in [4.78, 5) is 13.4. The van der Waals surface area contributed by atoms with Crippen molar-refractivity contribution < 1.29 is 19.0 Å². The average Bonchev–Trinajstić information content (AvgIpc) is 2.88. The van der Waals surface area contributed by atoms with E-state index in [2.05, 4.69) is 9.64 Å². The molecule has 1 unspecified atom stereocenters. The molecular formula is C14H18FNO3.